The Morgan fingerprint density at radius 2 is 2.11 bits per heavy atom. The van der Waals surface area contributed by atoms with E-state index in [4.69, 9.17) is 0 Å². The lowest BCUT2D eigenvalue weighted by molar-refractivity contribution is 0.0928. The van der Waals surface area contributed by atoms with Crippen LogP contribution in [0.25, 0.3) is 0 Å². The Morgan fingerprint density at radius 1 is 1.25 bits per heavy atom. The zero-order valence-corrected chi connectivity index (χ0v) is 16.3. The van der Waals surface area contributed by atoms with Crippen LogP contribution in [0, 0.1) is 12.8 Å². The lowest BCUT2D eigenvalue weighted by Gasteiger charge is -2.37. The fourth-order valence-corrected chi connectivity index (χ4v) is 4.98. The molecular formula is C23H27N3O2. The summed E-state index contributed by atoms with van der Waals surface area (Å²) in [6, 6.07) is 12.2. The standard InChI is InChI=1S/C23H27N3O2/c1-15-3-2-4-16(9-15)11-23(7-8-23)25-21(27)19-5-6-20-18-10-17(12-24-13-18)14-26(20)22(19)28/h2-6,9,17-18,24H,7-8,10-14H2,1H3,(H,25,27)/t17-,18+/m0/s1. The molecule has 1 saturated carbocycles. The highest BCUT2D eigenvalue weighted by molar-refractivity contribution is 5.94. The quantitative estimate of drug-likeness (QED) is 0.860. The molecule has 5 heteroatoms. The number of piperidine rings is 1. The second-order valence-electron chi connectivity index (χ2n) is 8.94. The van der Waals surface area contributed by atoms with E-state index in [0.29, 0.717) is 18.4 Å². The van der Waals surface area contributed by atoms with Gasteiger partial charge in [-0.05, 0) is 62.8 Å². The molecule has 5 nitrogen and oxygen atoms in total. The molecule has 2 N–H and O–H groups in total. The number of carbonyl (C=O) groups is 1. The molecule has 0 radical (unpaired) electrons. The first-order chi connectivity index (χ1) is 13.5. The van der Waals surface area contributed by atoms with E-state index in [1.54, 1.807) is 6.07 Å². The van der Waals surface area contributed by atoms with Crippen LogP contribution < -0.4 is 16.2 Å². The predicted molar refractivity (Wildman–Crippen MR) is 109 cm³/mol. The van der Waals surface area contributed by atoms with Crippen molar-refractivity contribution in [1.29, 1.82) is 0 Å². The molecule has 1 aliphatic carbocycles. The Balaban J connectivity index is 1.37. The summed E-state index contributed by atoms with van der Waals surface area (Å²) in [5.74, 6) is 0.645. The van der Waals surface area contributed by atoms with Gasteiger partial charge in [0.2, 0.25) is 0 Å². The number of rotatable bonds is 4. The van der Waals surface area contributed by atoms with Crippen molar-refractivity contribution in [3.63, 3.8) is 0 Å². The number of aromatic nitrogens is 1. The maximum absolute atomic E-state index is 13.1. The average molecular weight is 377 g/mol. The minimum atomic E-state index is -0.223. The molecule has 1 amide bonds. The highest BCUT2D eigenvalue weighted by Crippen LogP contribution is 2.39. The maximum Gasteiger partial charge on any atom is 0.263 e. The molecule has 2 aliphatic heterocycles. The van der Waals surface area contributed by atoms with E-state index in [1.807, 2.05) is 10.6 Å². The van der Waals surface area contributed by atoms with E-state index in [-0.39, 0.29) is 22.6 Å². The molecule has 146 valence electrons. The minimum Gasteiger partial charge on any atom is -0.346 e. The number of hydrogen-bond acceptors (Lipinski definition) is 3. The smallest absolute Gasteiger partial charge is 0.263 e. The molecule has 2 aromatic rings. The van der Waals surface area contributed by atoms with Crippen LogP contribution in [-0.2, 0) is 13.0 Å². The molecular weight excluding hydrogens is 350 g/mol. The third-order valence-corrected chi connectivity index (χ3v) is 6.61. The highest BCUT2D eigenvalue weighted by atomic mass is 16.2. The summed E-state index contributed by atoms with van der Waals surface area (Å²) >= 11 is 0. The van der Waals surface area contributed by atoms with Crippen molar-refractivity contribution >= 4 is 5.91 Å². The predicted octanol–water partition coefficient (Wildman–Crippen LogP) is 2.37. The number of aryl methyl sites for hydroxylation is 1. The van der Waals surface area contributed by atoms with Crippen LogP contribution in [0.5, 0.6) is 0 Å². The maximum atomic E-state index is 13.1. The zero-order valence-electron chi connectivity index (χ0n) is 16.3. The molecule has 2 bridgehead atoms. The molecule has 3 heterocycles. The summed E-state index contributed by atoms with van der Waals surface area (Å²) in [5, 5.41) is 6.64. The summed E-state index contributed by atoms with van der Waals surface area (Å²) in [5.41, 5.74) is 3.50. The molecule has 2 atom stereocenters. The Kier molecular flexibility index (Phi) is 4.16. The molecule has 5 rings (SSSR count). The van der Waals surface area contributed by atoms with Crippen molar-refractivity contribution in [2.24, 2.45) is 5.92 Å². The van der Waals surface area contributed by atoms with Gasteiger partial charge in [-0.15, -0.1) is 0 Å². The summed E-state index contributed by atoms with van der Waals surface area (Å²) in [6.07, 6.45) is 3.89. The lowest BCUT2D eigenvalue weighted by atomic mass is 9.84. The SMILES string of the molecule is Cc1cccc(CC2(NC(=O)c3ccc4n(c3=O)C[C@@H]3CNC[C@H]4C3)CC2)c1. The lowest BCUT2D eigenvalue weighted by Crippen LogP contribution is -2.47. The van der Waals surface area contributed by atoms with Gasteiger partial charge in [-0.25, -0.2) is 0 Å². The van der Waals surface area contributed by atoms with E-state index >= 15 is 0 Å². The van der Waals surface area contributed by atoms with E-state index in [0.717, 1.165) is 44.5 Å². The number of pyridine rings is 1. The first kappa shape index (κ1) is 17.7. The number of hydrogen-bond donors (Lipinski definition) is 2. The number of carbonyl (C=O) groups excluding carboxylic acids is 1. The summed E-state index contributed by atoms with van der Waals surface area (Å²) in [7, 11) is 0. The Hall–Kier alpha value is -2.40. The molecule has 1 aromatic heterocycles. The van der Waals surface area contributed by atoms with Crippen LogP contribution in [0.2, 0.25) is 0 Å². The van der Waals surface area contributed by atoms with Crippen molar-refractivity contribution in [3.05, 3.63) is 69.1 Å². The Labute approximate surface area is 165 Å². The minimum absolute atomic E-state index is 0.127. The van der Waals surface area contributed by atoms with Crippen molar-refractivity contribution in [1.82, 2.24) is 15.2 Å². The van der Waals surface area contributed by atoms with Gasteiger partial charge in [0.25, 0.3) is 11.5 Å². The van der Waals surface area contributed by atoms with Gasteiger partial charge < -0.3 is 15.2 Å². The zero-order chi connectivity index (χ0) is 19.3. The molecule has 28 heavy (non-hydrogen) atoms. The number of fused-ring (bicyclic) bond motifs is 4. The topological polar surface area (TPSA) is 63.1 Å². The summed E-state index contributed by atoms with van der Waals surface area (Å²) in [6.45, 7) is 4.67. The van der Waals surface area contributed by atoms with Gasteiger partial charge in [0.05, 0.1) is 0 Å². The van der Waals surface area contributed by atoms with Crippen LogP contribution in [0.15, 0.2) is 41.2 Å². The molecule has 2 fully saturated rings. The normalized spacial score (nSPS) is 24.3. The molecule has 3 aliphatic rings. The fraction of sp³-hybridized carbons (Fsp3) is 0.478. The third-order valence-electron chi connectivity index (χ3n) is 6.61. The van der Waals surface area contributed by atoms with E-state index in [2.05, 4.69) is 41.8 Å². The Morgan fingerprint density at radius 3 is 2.89 bits per heavy atom. The first-order valence-corrected chi connectivity index (χ1v) is 10.4. The van der Waals surface area contributed by atoms with E-state index in [9.17, 15) is 9.59 Å². The van der Waals surface area contributed by atoms with Crippen LogP contribution in [-0.4, -0.2) is 29.1 Å². The Bertz CT molecular complexity index is 990. The van der Waals surface area contributed by atoms with Gasteiger partial charge >= 0.3 is 0 Å². The first-order valence-electron chi connectivity index (χ1n) is 10.4. The van der Waals surface area contributed by atoms with Gasteiger partial charge in [0.15, 0.2) is 0 Å². The van der Waals surface area contributed by atoms with Crippen molar-refractivity contribution in [2.45, 2.75) is 50.6 Å². The van der Waals surface area contributed by atoms with Gasteiger partial charge in [0, 0.05) is 30.2 Å². The van der Waals surface area contributed by atoms with Crippen LogP contribution in [0.1, 0.15) is 52.4 Å². The van der Waals surface area contributed by atoms with Gasteiger partial charge in [-0.2, -0.15) is 0 Å². The van der Waals surface area contributed by atoms with E-state index in [1.165, 1.54) is 11.1 Å². The average Bonchev–Trinajstić information content (AvgIpc) is 3.41. The summed E-state index contributed by atoms with van der Waals surface area (Å²) in [4.78, 5) is 26.1. The highest BCUT2D eigenvalue weighted by Gasteiger charge is 2.44. The largest absolute Gasteiger partial charge is 0.346 e. The van der Waals surface area contributed by atoms with Gasteiger partial charge in [0.1, 0.15) is 5.56 Å². The van der Waals surface area contributed by atoms with Gasteiger partial charge in [-0.1, -0.05) is 29.8 Å². The fourth-order valence-electron chi connectivity index (χ4n) is 4.98. The van der Waals surface area contributed by atoms with Crippen molar-refractivity contribution in [3.8, 4) is 0 Å². The monoisotopic (exact) mass is 377 g/mol. The van der Waals surface area contributed by atoms with E-state index < -0.39 is 0 Å². The number of benzene rings is 1. The number of amides is 1. The number of nitrogens with one attached hydrogen (secondary N) is 2. The molecule has 0 spiro atoms. The second kappa shape index (κ2) is 6.59. The van der Waals surface area contributed by atoms with Crippen LogP contribution in [0.4, 0.5) is 0 Å². The summed E-state index contributed by atoms with van der Waals surface area (Å²) < 4.78 is 1.86. The molecule has 1 aromatic carbocycles. The third kappa shape index (κ3) is 3.18. The van der Waals surface area contributed by atoms with Crippen molar-refractivity contribution in [2.75, 3.05) is 13.1 Å². The molecule has 0 unspecified atom stereocenters. The van der Waals surface area contributed by atoms with Crippen LogP contribution >= 0.6 is 0 Å². The van der Waals surface area contributed by atoms with Crippen molar-refractivity contribution < 1.29 is 4.79 Å². The second-order valence-corrected chi connectivity index (χ2v) is 8.94. The van der Waals surface area contributed by atoms with Gasteiger partial charge in [-0.3, -0.25) is 9.59 Å². The number of nitrogens with zero attached hydrogens (tertiary/aromatic N) is 1. The van der Waals surface area contributed by atoms with Crippen LogP contribution in [0.3, 0.4) is 0 Å². The molecule has 1 saturated heterocycles.